The summed E-state index contributed by atoms with van der Waals surface area (Å²) in [6.07, 6.45) is 2.97. The number of amides is 1. The highest BCUT2D eigenvalue weighted by Crippen LogP contribution is 2.18. The van der Waals surface area contributed by atoms with Crippen LogP contribution in [0.3, 0.4) is 0 Å². The summed E-state index contributed by atoms with van der Waals surface area (Å²) in [5.74, 6) is 0.542. The highest BCUT2D eigenvalue weighted by Gasteiger charge is 2.23. The maximum absolute atomic E-state index is 12.3. The van der Waals surface area contributed by atoms with E-state index in [2.05, 4.69) is 9.97 Å². The molecule has 0 bridgehead atoms. The predicted octanol–water partition coefficient (Wildman–Crippen LogP) is 1.54. The highest BCUT2D eigenvalue weighted by atomic mass is 32.2. The molecular formula is C16H26N4O2S. The quantitative estimate of drug-likeness (QED) is 0.461. The Kier molecular flexibility index (Phi) is 7.26. The molecule has 1 aromatic rings. The van der Waals surface area contributed by atoms with Crippen LogP contribution in [-0.4, -0.2) is 58.9 Å². The number of hydrogen-bond donors (Lipinski definition) is 1. The summed E-state index contributed by atoms with van der Waals surface area (Å²) in [5, 5.41) is 0.677. The Morgan fingerprint density at radius 2 is 2.00 bits per heavy atom. The summed E-state index contributed by atoms with van der Waals surface area (Å²) in [7, 11) is 0. The average molecular weight is 338 g/mol. The third-order valence-electron chi connectivity index (χ3n) is 3.78. The molecule has 2 heterocycles. The molecule has 0 aliphatic carbocycles. The van der Waals surface area contributed by atoms with Crippen molar-refractivity contribution in [1.29, 1.82) is 0 Å². The van der Waals surface area contributed by atoms with Crippen LogP contribution in [-0.2, 0) is 9.53 Å². The van der Waals surface area contributed by atoms with Crippen LogP contribution in [0.4, 0.5) is 0 Å². The molecular weight excluding hydrogens is 312 g/mol. The molecule has 0 saturated carbocycles. The van der Waals surface area contributed by atoms with Gasteiger partial charge in [-0.3, -0.25) is 4.79 Å². The van der Waals surface area contributed by atoms with E-state index in [4.69, 9.17) is 10.5 Å². The number of aryl methyl sites for hydroxylation is 2. The van der Waals surface area contributed by atoms with Gasteiger partial charge < -0.3 is 15.4 Å². The summed E-state index contributed by atoms with van der Waals surface area (Å²) in [6, 6.07) is 1.93. The lowest BCUT2D eigenvalue weighted by atomic mass is 10.1. The SMILES string of the molecule is Cc1cc(C)nc(SCC(=O)N2CCC(OCCCN)CC2)n1. The van der Waals surface area contributed by atoms with Crippen LogP contribution in [0.25, 0.3) is 0 Å². The molecule has 1 aliphatic heterocycles. The van der Waals surface area contributed by atoms with Crippen molar-refractivity contribution in [3.63, 3.8) is 0 Å². The van der Waals surface area contributed by atoms with Crippen LogP contribution in [0, 0.1) is 13.8 Å². The number of likely N-dealkylation sites (tertiary alicyclic amines) is 1. The van der Waals surface area contributed by atoms with Crippen molar-refractivity contribution < 1.29 is 9.53 Å². The zero-order valence-corrected chi connectivity index (χ0v) is 14.8. The Morgan fingerprint density at radius 3 is 2.61 bits per heavy atom. The van der Waals surface area contributed by atoms with Crippen LogP contribution < -0.4 is 5.73 Å². The number of piperidine rings is 1. The van der Waals surface area contributed by atoms with Crippen molar-refractivity contribution in [3.8, 4) is 0 Å². The largest absolute Gasteiger partial charge is 0.378 e. The van der Waals surface area contributed by atoms with Crippen molar-refractivity contribution in [3.05, 3.63) is 17.5 Å². The smallest absolute Gasteiger partial charge is 0.233 e. The van der Waals surface area contributed by atoms with E-state index in [1.54, 1.807) is 0 Å². The standard InChI is InChI=1S/C16H26N4O2S/c1-12-10-13(2)19-16(18-12)23-11-15(21)20-7-4-14(5-8-20)22-9-3-6-17/h10,14H,3-9,11,17H2,1-2H3. The van der Waals surface area contributed by atoms with Crippen molar-refractivity contribution in [2.75, 3.05) is 32.0 Å². The Balaban J connectivity index is 1.72. The van der Waals surface area contributed by atoms with Gasteiger partial charge in [0, 0.05) is 31.1 Å². The van der Waals surface area contributed by atoms with Crippen LogP contribution in [0.15, 0.2) is 11.2 Å². The van der Waals surface area contributed by atoms with Gasteiger partial charge in [-0.05, 0) is 45.7 Å². The maximum atomic E-state index is 12.3. The number of carbonyl (C=O) groups is 1. The van der Waals surface area contributed by atoms with Crippen LogP contribution in [0.5, 0.6) is 0 Å². The van der Waals surface area contributed by atoms with E-state index in [0.717, 1.165) is 50.3 Å². The van der Waals surface area contributed by atoms with Crippen LogP contribution >= 0.6 is 11.8 Å². The number of hydrogen-bond acceptors (Lipinski definition) is 6. The number of ether oxygens (including phenoxy) is 1. The minimum atomic E-state index is 0.151. The monoisotopic (exact) mass is 338 g/mol. The zero-order valence-electron chi connectivity index (χ0n) is 14.0. The lowest BCUT2D eigenvalue weighted by molar-refractivity contribution is -0.130. The number of thioether (sulfide) groups is 1. The molecule has 0 atom stereocenters. The normalized spacial score (nSPS) is 15.9. The molecule has 2 rings (SSSR count). The van der Waals surface area contributed by atoms with E-state index in [1.807, 2.05) is 24.8 Å². The molecule has 0 radical (unpaired) electrons. The van der Waals surface area contributed by atoms with Gasteiger partial charge in [0.15, 0.2) is 5.16 Å². The molecule has 0 spiro atoms. The van der Waals surface area contributed by atoms with Crippen LogP contribution in [0.1, 0.15) is 30.7 Å². The van der Waals surface area contributed by atoms with E-state index in [0.29, 0.717) is 17.5 Å². The molecule has 1 aliphatic rings. The Bertz CT molecular complexity index is 499. The number of rotatable bonds is 7. The van der Waals surface area contributed by atoms with Gasteiger partial charge in [0.2, 0.25) is 5.91 Å². The van der Waals surface area contributed by atoms with Gasteiger partial charge >= 0.3 is 0 Å². The third-order valence-corrected chi connectivity index (χ3v) is 4.62. The van der Waals surface area contributed by atoms with Gasteiger partial charge in [-0.1, -0.05) is 11.8 Å². The fourth-order valence-electron chi connectivity index (χ4n) is 2.58. The minimum absolute atomic E-state index is 0.151. The fraction of sp³-hybridized carbons (Fsp3) is 0.688. The van der Waals surface area contributed by atoms with E-state index in [-0.39, 0.29) is 12.0 Å². The van der Waals surface area contributed by atoms with Gasteiger partial charge in [0.1, 0.15) is 0 Å². The molecule has 1 amide bonds. The lowest BCUT2D eigenvalue weighted by Crippen LogP contribution is -2.41. The van der Waals surface area contributed by atoms with E-state index in [1.165, 1.54) is 11.8 Å². The highest BCUT2D eigenvalue weighted by molar-refractivity contribution is 7.99. The lowest BCUT2D eigenvalue weighted by Gasteiger charge is -2.31. The van der Waals surface area contributed by atoms with Crippen molar-refractivity contribution >= 4 is 17.7 Å². The van der Waals surface area contributed by atoms with Gasteiger partial charge in [-0.25, -0.2) is 9.97 Å². The predicted molar refractivity (Wildman–Crippen MR) is 91.5 cm³/mol. The number of aromatic nitrogens is 2. The van der Waals surface area contributed by atoms with Gasteiger partial charge in [0.05, 0.1) is 11.9 Å². The molecule has 1 fully saturated rings. The Hall–Kier alpha value is -1.18. The third kappa shape index (κ3) is 6.08. The van der Waals surface area contributed by atoms with Crippen molar-refractivity contribution in [2.45, 2.75) is 44.4 Å². The van der Waals surface area contributed by atoms with E-state index >= 15 is 0 Å². The summed E-state index contributed by atoms with van der Waals surface area (Å²) < 4.78 is 5.76. The molecule has 23 heavy (non-hydrogen) atoms. The second-order valence-corrected chi connectivity index (χ2v) is 6.76. The van der Waals surface area contributed by atoms with E-state index < -0.39 is 0 Å². The number of nitrogens with two attached hydrogens (primary N) is 1. The molecule has 1 saturated heterocycles. The van der Waals surface area contributed by atoms with Crippen molar-refractivity contribution in [2.24, 2.45) is 5.73 Å². The Morgan fingerprint density at radius 1 is 1.35 bits per heavy atom. The molecule has 7 heteroatoms. The van der Waals surface area contributed by atoms with Gasteiger partial charge in [-0.2, -0.15) is 0 Å². The van der Waals surface area contributed by atoms with E-state index in [9.17, 15) is 4.79 Å². The first-order chi connectivity index (χ1) is 11.1. The summed E-state index contributed by atoms with van der Waals surface area (Å²) in [5.41, 5.74) is 7.33. The minimum Gasteiger partial charge on any atom is -0.378 e. The second-order valence-electron chi connectivity index (χ2n) is 5.82. The molecule has 6 nitrogen and oxygen atoms in total. The summed E-state index contributed by atoms with van der Waals surface area (Å²) in [6.45, 7) is 6.79. The molecule has 1 aromatic heterocycles. The summed E-state index contributed by atoms with van der Waals surface area (Å²) in [4.78, 5) is 22.9. The fourth-order valence-corrected chi connectivity index (χ4v) is 3.43. The van der Waals surface area contributed by atoms with Gasteiger partial charge in [0.25, 0.3) is 0 Å². The Labute approximate surface area is 142 Å². The average Bonchev–Trinajstić information content (AvgIpc) is 2.53. The van der Waals surface area contributed by atoms with Gasteiger partial charge in [-0.15, -0.1) is 0 Å². The molecule has 128 valence electrons. The molecule has 0 unspecified atom stereocenters. The topological polar surface area (TPSA) is 81.3 Å². The maximum Gasteiger partial charge on any atom is 0.233 e. The van der Waals surface area contributed by atoms with Crippen LogP contribution in [0.2, 0.25) is 0 Å². The summed E-state index contributed by atoms with van der Waals surface area (Å²) >= 11 is 1.41. The van der Waals surface area contributed by atoms with Crippen molar-refractivity contribution in [1.82, 2.24) is 14.9 Å². The molecule has 0 aromatic carbocycles. The molecule has 2 N–H and O–H groups in total. The zero-order chi connectivity index (χ0) is 16.7. The first-order valence-corrected chi connectivity index (χ1v) is 9.11. The number of nitrogens with zero attached hydrogens (tertiary/aromatic N) is 3. The first kappa shape index (κ1) is 18.2. The number of carbonyl (C=O) groups excluding carboxylic acids is 1. The first-order valence-electron chi connectivity index (χ1n) is 8.13. The second kappa shape index (κ2) is 9.20.